The first-order chi connectivity index (χ1) is 11.2. The number of nitrogens with one attached hydrogen (secondary N) is 2. The average molecular weight is 312 g/mol. The van der Waals surface area contributed by atoms with Crippen LogP contribution < -0.4 is 15.4 Å². The topological polar surface area (TPSA) is 53.5 Å². The van der Waals surface area contributed by atoms with Crippen molar-refractivity contribution in [1.29, 1.82) is 0 Å². The fraction of sp³-hybridized carbons (Fsp3) is 0.368. The average Bonchev–Trinajstić information content (AvgIpc) is 3.00. The van der Waals surface area contributed by atoms with Crippen LogP contribution in [0.1, 0.15) is 12.0 Å². The van der Waals surface area contributed by atoms with E-state index >= 15 is 0 Å². The minimum Gasteiger partial charge on any atom is -0.457 e. The van der Waals surface area contributed by atoms with Gasteiger partial charge in [0, 0.05) is 13.1 Å². The van der Waals surface area contributed by atoms with Crippen LogP contribution in [-0.4, -0.2) is 36.9 Å². The highest BCUT2D eigenvalue weighted by molar-refractivity contribution is 5.33. The first-order valence-electron chi connectivity index (χ1n) is 8.19. The maximum Gasteiger partial charge on any atom is 0.127 e. The van der Waals surface area contributed by atoms with E-state index in [0.717, 1.165) is 37.4 Å². The molecule has 0 bridgehead atoms. The summed E-state index contributed by atoms with van der Waals surface area (Å²) in [7, 11) is 0. The van der Waals surface area contributed by atoms with Gasteiger partial charge in [0.05, 0.1) is 5.60 Å². The number of para-hydroxylation sites is 1. The standard InChI is InChI=1S/C19H24N2O2/c22-19(10-12-21-15-19)14-20-11-9-16-5-4-8-18(13-16)23-17-6-2-1-3-7-17/h1-8,13,20-22H,9-12,14-15H2. The Morgan fingerprint density at radius 1 is 1.09 bits per heavy atom. The van der Waals surface area contributed by atoms with Gasteiger partial charge in [0.25, 0.3) is 0 Å². The lowest BCUT2D eigenvalue weighted by molar-refractivity contribution is 0.0615. The van der Waals surface area contributed by atoms with Gasteiger partial charge in [-0.2, -0.15) is 0 Å². The molecule has 1 aliphatic rings. The van der Waals surface area contributed by atoms with Crippen LogP contribution in [0.4, 0.5) is 0 Å². The molecule has 4 heteroatoms. The normalized spacial score (nSPS) is 20.6. The molecule has 3 N–H and O–H groups in total. The molecule has 122 valence electrons. The summed E-state index contributed by atoms with van der Waals surface area (Å²) in [6, 6.07) is 18.0. The van der Waals surface area contributed by atoms with E-state index in [2.05, 4.69) is 22.8 Å². The first kappa shape index (κ1) is 16.0. The number of hydrogen-bond donors (Lipinski definition) is 3. The number of rotatable bonds is 7. The van der Waals surface area contributed by atoms with Gasteiger partial charge in [0.15, 0.2) is 0 Å². The van der Waals surface area contributed by atoms with Gasteiger partial charge in [-0.05, 0) is 55.8 Å². The molecule has 1 saturated heterocycles. The highest BCUT2D eigenvalue weighted by Crippen LogP contribution is 2.22. The van der Waals surface area contributed by atoms with E-state index < -0.39 is 5.60 Å². The monoisotopic (exact) mass is 312 g/mol. The number of ether oxygens (including phenoxy) is 1. The second-order valence-corrected chi connectivity index (χ2v) is 6.14. The molecule has 1 heterocycles. The summed E-state index contributed by atoms with van der Waals surface area (Å²) in [5, 5.41) is 16.8. The zero-order chi connectivity index (χ0) is 16.0. The smallest absolute Gasteiger partial charge is 0.127 e. The Morgan fingerprint density at radius 3 is 2.70 bits per heavy atom. The van der Waals surface area contributed by atoms with E-state index in [1.807, 2.05) is 42.5 Å². The number of hydrogen-bond acceptors (Lipinski definition) is 4. The molecule has 0 saturated carbocycles. The molecular formula is C19H24N2O2. The summed E-state index contributed by atoms with van der Waals surface area (Å²) >= 11 is 0. The molecule has 23 heavy (non-hydrogen) atoms. The molecule has 0 radical (unpaired) electrons. The van der Waals surface area contributed by atoms with Gasteiger partial charge in [0.2, 0.25) is 0 Å². The van der Waals surface area contributed by atoms with E-state index in [1.165, 1.54) is 5.56 Å². The van der Waals surface area contributed by atoms with Crippen molar-refractivity contribution in [2.45, 2.75) is 18.4 Å². The van der Waals surface area contributed by atoms with Gasteiger partial charge < -0.3 is 20.5 Å². The van der Waals surface area contributed by atoms with Crippen LogP contribution >= 0.6 is 0 Å². The lowest BCUT2D eigenvalue weighted by Crippen LogP contribution is -2.42. The third-order valence-electron chi connectivity index (χ3n) is 4.14. The van der Waals surface area contributed by atoms with Gasteiger partial charge in [-0.15, -0.1) is 0 Å². The summed E-state index contributed by atoms with van der Waals surface area (Å²) in [4.78, 5) is 0. The van der Waals surface area contributed by atoms with Crippen molar-refractivity contribution < 1.29 is 9.84 Å². The van der Waals surface area contributed by atoms with Gasteiger partial charge in [-0.3, -0.25) is 0 Å². The van der Waals surface area contributed by atoms with Crippen molar-refractivity contribution in [3.63, 3.8) is 0 Å². The van der Waals surface area contributed by atoms with Crippen LogP contribution in [0.3, 0.4) is 0 Å². The Morgan fingerprint density at radius 2 is 1.91 bits per heavy atom. The highest BCUT2D eigenvalue weighted by Gasteiger charge is 2.30. The van der Waals surface area contributed by atoms with Crippen LogP contribution in [-0.2, 0) is 6.42 Å². The van der Waals surface area contributed by atoms with E-state index in [-0.39, 0.29) is 0 Å². The highest BCUT2D eigenvalue weighted by atomic mass is 16.5. The predicted octanol–water partition coefficient (Wildman–Crippen LogP) is 2.34. The largest absolute Gasteiger partial charge is 0.457 e. The van der Waals surface area contributed by atoms with Crippen LogP contribution in [0, 0.1) is 0 Å². The molecule has 0 spiro atoms. The minimum absolute atomic E-state index is 0.585. The molecule has 1 atom stereocenters. The minimum atomic E-state index is -0.585. The summed E-state index contributed by atoms with van der Waals surface area (Å²) < 4.78 is 5.85. The quantitative estimate of drug-likeness (QED) is 0.687. The number of aliphatic hydroxyl groups is 1. The third kappa shape index (κ3) is 4.79. The Labute approximate surface area is 137 Å². The molecule has 2 aromatic rings. The van der Waals surface area contributed by atoms with Crippen LogP contribution in [0.2, 0.25) is 0 Å². The second-order valence-electron chi connectivity index (χ2n) is 6.14. The summed E-state index contributed by atoms with van der Waals surface area (Å²) in [5.74, 6) is 1.70. The molecule has 1 aliphatic heterocycles. The fourth-order valence-electron chi connectivity index (χ4n) is 2.82. The van der Waals surface area contributed by atoms with Gasteiger partial charge in [-0.1, -0.05) is 30.3 Å². The molecule has 3 rings (SSSR count). The number of benzene rings is 2. The first-order valence-corrected chi connectivity index (χ1v) is 8.19. The van der Waals surface area contributed by atoms with Gasteiger partial charge in [-0.25, -0.2) is 0 Å². The number of β-amino-alcohol motifs (C(OH)–C–C–N with tert-alkyl or cyclic N) is 1. The van der Waals surface area contributed by atoms with E-state index in [0.29, 0.717) is 13.1 Å². The summed E-state index contributed by atoms with van der Waals surface area (Å²) in [5.41, 5.74) is 0.639. The summed E-state index contributed by atoms with van der Waals surface area (Å²) in [6.45, 7) is 3.06. The maximum atomic E-state index is 10.3. The van der Waals surface area contributed by atoms with Crippen LogP contribution in [0.15, 0.2) is 54.6 Å². The molecule has 1 fully saturated rings. The van der Waals surface area contributed by atoms with Gasteiger partial charge >= 0.3 is 0 Å². The second kappa shape index (κ2) is 7.59. The van der Waals surface area contributed by atoms with Crippen molar-refractivity contribution in [2.75, 3.05) is 26.2 Å². The molecule has 1 unspecified atom stereocenters. The zero-order valence-electron chi connectivity index (χ0n) is 13.3. The van der Waals surface area contributed by atoms with Crippen molar-refractivity contribution in [1.82, 2.24) is 10.6 Å². The SMILES string of the molecule is OC1(CNCCc2cccc(Oc3ccccc3)c2)CCNC1. The molecule has 0 amide bonds. The summed E-state index contributed by atoms with van der Waals surface area (Å²) in [6.07, 6.45) is 1.73. The molecule has 0 aliphatic carbocycles. The van der Waals surface area contributed by atoms with Crippen molar-refractivity contribution in [3.05, 3.63) is 60.2 Å². The molecule has 2 aromatic carbocycles. The Kier molecular flexibility index (Phi) is 5.28. The van der Waals surface area contributed by atoms with Crippen molar-refractivity contribution in [3.8, 4) is 11.5 Å². The zero-order valence-corrected chi connectivity index (χ0v) is 13.3. The van der Waals surface area contributed by atoms with E-state index in [9.17, 15) is 5.11 Å². The molecular weight excluding hydrogens is 288 g/mol. The third-order valence-corrected chi connectivity index (χ3v) is 4.14. The van der Waals surface area contributed by atoms with Crippen LogP contribution in [0.25, 0.3) is 0 Å². The molecule has 4 nitrogen and oxygen atoms in total. The maximum absolute atomic E-state index is 10.3. The fourth-order valence-corrected chi connectivity index (χ4v) is 2.82. The van der Waals surface area contributed by atoms with Crippen molar-refractivity contribution in [2.24, 2.45) is 0 Å². The van der Waals surface area contributed by atoms with E-state index in [1.54, 1.807) is 0 Å². The van der Waals surface area contributed by atoms with E-state index in [4.69, 9.17) is 4.74 Å². The van der Waals surface area contributed by atoms with Crippen molar-refractivity contribution >= 4 is 0 Å². The van der Waals surface area contributed by atoms with Crippen LogP contribution in [0.5, 0.6) is 11.5 Å². The Bertz CT molecular complexity index is 610. The Balaban J connectivity index is 1.48. The Hall–Kier alpha value is -1.88. The predicted molar refractivity (Wildman–Crippen MR) is 92.0 cm³/mol. The molecule has 0 aromatic heterocycles. The lowest BCUT2D eigenvalue weighted by Gasteiger charge is -2.21. The lowest BCUT2D eigenvalue weighted by atomic mass is 10.0. The van der Waals surface area contributed by atoms with Gasteiger partial charge in [0.1, 0.15) is 11.5 Å².